The maximum Gasteiger partial charge on any atom is 0.262 e. The van der Waals surface area contributed by atoms with Crippen molar-refractivity contribution in [2.75, 3.05) is 0 Å². The molecule has 0 amide bonds. The van der Waals surface area contributed by atoms with Crippen LogP contribution in [-0.4, -0.2) is 38.2 Å². The fraction of sp³-hybridized carbons (Fsp3) is 0.500. The van der Waals surface area contributed by atoms with Crippen molar-refractivity contribution in [1.29, 1.82) is 0 Å². The average molecular weight is 439 g/mol. The molecule has 31 heavy (non-hydrogen) atoms. The number of hydrogen-bond acceptors (Lipinski definition) is 4. The lowest BCUT2D eigenvalue weighted by Crippen LogP contribution is -2.70. The van der Waals surface area contributed by atoms with Gasteiger partial charge in [0, 0.05) is 6.42 Å². The molecule has 166 valence electrons. The van der Waals surface area contributed by atoms with Crippen molar-refractivity contribution in [1.82, 2.24) is 0 Å². The summed E-state index contributed by atoms with van der Waals surface area (Å²) in [6, 6.07) is 20.9. The van der Waals surface area contributed by atoms with E-state index in [0.717, 1.165) is 10.4 Å². The minimum absolute atomic E-state index is 0.110. The van der Waals surface area contributed by atoms with Gasteiger partial charge in [0.2, 0.25) is 0 Å². The minimum Gasteiger partial charge on any atom is -0.395 e. The predicted molar refractivity (Wildman–Crippen MR) is 125 cm³/mol. The molecule has 2 aromatic rings. The number of carbonyl (C=O) groups is 1. The predicted octanol–water partition coefficient (Wildman–Crippen LogP) is 4.06. The summed E-state index contributed by atoms with van der Waals surface area (Å²) < 4.78 is 19.7. The lowest BCUT2D eigenvalue weighted by atomic mass is 9.83. The molecule has 0 bridgehead atoms. The third-order valence-electron chi connectivity index (χ3n) is 6.58. The topological polar surface area (TPSA) is 44.8 Å². The van der Waals surface area contributed by atoms with E-state index in [2.05, 4.69) is 76.2 Å². The Morgan fingerprint density at radius 2 is 1.39 bits per heavy atom. The van der Waals surface area contributed by atoms with Crippen LogP contribution >= 0.6 is 0 Å². The minimum atomic E-state index is -2.86. The van der Waals surface area contributed by atoms with E-state index in [1.807, 2.05) is 26.0 Å². The Morgan fingerprint density at radius 3 is 1.87 bits per heavy atom. The molecular formula is C26H34O4Si. The van der Waals surface area contributed by atoms with Gasteiger partial charge in [0.05, 0.1) is 6.10 Å². The summed E-state index contributed by atoms with van der Waals surface area (Å²) in [6.07, 6.45) is -0.734. The fourth-order valence-electron chi connectivity index (χ4n) is 5.24. The second kappa shape index (κ2) is 7.96. The molecule has 0 aromatic heterocycles. The van der Waals surface area contributed by atoms with Gasteiger partial charge in [-0.25, -0.2) is 0 Å². The number of Topliss-reactive ketones (excluding diaryl/α,β-unsaturated/α-hetero) is 1. The molecule has 4 rings (SSSR count). The van der Waals surface area contributed by atoms with E-state index < -0.39 is 26.3 Å². The van der Waals surface area contributed by atoms with E-state index in [-0.39, 0.29) is 22.8 Å². The van der Waals surface area contributed by atoms with Crippen LogP contribution in [0.5, 0.6) is 0 Å². The lowest BCUT2D eigenvalue weighted by molar-refractivity contribution is -0.156. The van der Waals surface area contributed by atoms with Crippen LogP contribution in [0.3, 0.4) is 0 Å². The van der Waals surface area contributed by atoms with Crippen molar-refractivity contribution in [3.63, 3.8) is 0 Å². The number of hydrogen-bond donors (Lipinski definition) is 0. The highest BCUT2D eigenvalue weighted by atomic mass is 28.4. The number of ether oxygens (including phenoxy) is 2. The van der Waals surface area contributed by atoms with Crippen molar-refractivity contribution < 1.29 is 18.7 Å². The number of ketones is 1. The van der Waals surface area contributed by atoms with Crippen LogP contribution in [-0.2, 0) is 18.7 Å². The molecule has 1 saturated heterocycles. The summed E-state index contributed by atoms with van der Waals surface area (Å²) in [4.78, 5) is 13.4. The fourth-order valence-corrected chi connectivity index (χ4v) is 9.90. The summed E-state index contributed by atoms with van der Waals surface area (Å²) in [7, 11) is -2.86. The van der Waals surface area contributed by atoms with Gasteiger partial charge < -0.3 is 13.9 Å². The molecule has 0 N–H and O–H groups in total. The summed E-state index contributed by atoms with van der Waals surface area (Å²) in [5, 5.41) is 2.12. The molecule has 2 aromatic carbocycles. The quantitative estimate of drug-likeness (QED) is 0.676. The monoisotopic (exact) mass is 438 g/mol. The smallest absolute Gasteiger partial charge is 0.262 e. The number of fused-ring (bicyclic) bond motifs is 1. The van der Waals surface area contributed by atoms with Gasteiger partial charge in [-0.1, -0.05) is 88.4 Å². The summed E-state index contributed by atoms with van der Waals surface area (Å²) in [5.41, 5.74) is 0. The molecule has 1 heterocycles. The van der Waals surface area contributed by atoms with E-state index in [1.54, 1.807) is 0 Å². The van der Waals surface area contributed by atoms with Gasteiger partial charge >= 0.3 is 0 Å². The van der Waals surface area contributed by atoms with E-state index in [1.165, 1.54) is 0 Å². The molecule has 4 atom stereocenters. The van der Waals surface area contributed by atoms with Crippen molar-refractivity contribution >= 4 is 24.5 Å². The molecule has 0 spiro atoms. The Labute approximate surface area is 187 Å². The van der Waals surface area contributed by atoms with Crippen LogP contribution in [0.15, 0.2) is 60.7 Å². The van der Waals surface area contributed by atoms with Crippen molar-refractivity contribution in [2.45, 2.75) is 77.1 Å². The highest BCUT2D eigenvalue weighted by molar-refractivity contribution is 6.99. The average Bonchev–Trinajstić information content (AvgIpc) is 3.04. The maximum atomic E-state index is 13.4. The third kappa shape index (κ3) is 3.93. The van der Waals surface area contributed by atoms with Crippen LogP contribution in [0.1, 0.15) is 48.0 Å². The molecule has 0 unspecified atom stereocenters. The van der Waals surface area contributed by atoms with Gasteiger partial charge in [-0.2, -0.15) is 0 Å². The summed E-state index contributed by atoms with van der Waals surface area (Å²) in [6.45, 7) is 12.6. The SMILES string of the molecule is C[C@@H]1CC(=O)[C@@H](O[Si](c2ccccc2)(c2ccccc2)C(C)(C)C)[C@@H]2OC(C)(C)O[C@@H]21. The van der Waals surface area contributed by atoms with Gasteiger partial charge in [-0.15, -0.1) is 0 Å². The van der Waals surface area contributed by atoms with E-state index in [0.29, 0.717) is 6.42 Å². The van der Waals surface area contributed by atoms with E-state index in [9.17, 15) is 4.79 Å². The van der Waals surface area contributed by atoms with Gasteiger partial charge in [0.25, 0.3) is 8.32 Å². The molecular weight excluding hydrogens is 404 g/mol. The highest BCUT2D eigenvalue weighted by Gasteiger charge is 2.58. The Kier molecular flexibility index (Phi) is 5.75. The first-order valence-electron chi connectivity index (χ1n) is 11.2. The van der Waals surface area contributed by atoms with E-state index >= 15 is 0 Å². The van der Waals surface area contributed by atoms with Crippen LogP contribution in [0.4, 0.5) is 0 Å². The lowest BCUT2D eigenvalue weighted by Gasteiger charge is -2.47. The number of rotatable bonds is 4. The normalized spacial score (nSPS) is 28.4. The van der Waals surface area contributed by atoms with Crippen LogP contribution in [0.2, 0.25) is 5.04 Å². The second-order valence-electron chi connectivity index (χ2n) is 10.4. The van der Waals surface area contributed by atoms with Crippen LogP contribution in [0.25, 0.3) is 0 Å². The van der Waals surface area contributed by atoms with Crippen molar-refractivity contribution in [3.8, 4) is 0 Å². The summed E-state index contributed by atoms with van der Waals surface area (Å²) >= 11 is 0. The number of carbonyl (C=O) groups excluding carboxylic acids is 1. The van der Waals surface area contributed by atoms with Crippen molar-refractivity contribution in [3.05, 3.63) is 60.7 Å². The molecule has 2 fully saturated rings. The first-order valence-corrected chi connectivity index (χ1v) is 13.1. The highest BCUT2D eigenvalue weighted by Crippen LogP contribution is 2.43. The largest absolute Gasteiger partial charge is 0.395 e. The zero-order valence-corrected chi connectivity index (χ0v) is 20.4. The van der Waals surface area contributed by atoms with Crippen LogP contribution < -0.4 is 10.4 Å². The Morgan fingerprint density at radius 1 is 0.903 bits per heavy atom. The first-order chi connectivity index (χ1) is 14.6. The second-order valence-corrected chi connectivity index (χ2v) is 14.7. The standard InChI is InChI=1S/C26H34O4Si/c1-18-17-21(27)23(24-22(18)28-26(5,6)29-24)30-31(25(2,3)4,19-13-9-7-10-14-19)20-15-11-8-12-16-20/h7-16,18,22-24H,17H2,1-6H3/t18-,22-,23-,24-/m1/s1. The Balaban J connectivity index is 1.86. The molecule has 5 heteroatoms. The Hall–Kier alpha value is -1.79. The summed E-state index contributed by atoms with van der Waals surface area (Å²) in [5.74, 6) is -0.498. The molecule has 1 saturated carbocycles. The van der Waals surface area contributed by atoms with Crippen LogP contribution in [0, 0.1) is 5.92 Å². The van der Waals surface area contributed by atoms with Gasteiger partial charge in [0.1, 0.15) is 12.2 Å². The first kappa shape index (κ1) is 22.4. The zero-order valence-electron chi connectivity index (χ0n) is 19.4. The number of benzene rings is 2. The van der Waals surface area contributed by atoms with Gasteiger partial charge in [-0.3, -0.25) is 4.79 Å². The zero-order chi connectivity index (χ0) is 22.4. The molecule has 0 radical (unpaired) electrons. The third-order valence-corrected chi connectivity index (χ3v) is 11.6. The molecule has 1 aliphatic carbocycles. The van der Waals surface area contributed by atoms with Gasteiger partial charge in [-0.05, 0) is 35.2 Å². The molecule has 2 aliphatic rings. The Bertz CT molecular complexity index is 880. The van der Waals surface area contributed by atoms with Gasteiger partial charge in [0.15, 0.2) is 11.6 Å². The maximum absolute atomic E-state index is 13.4. The van der Waals surface area contributed by atoms with E-state index in [4.69, 9.17) is 13.9 Å². The van der Waals surface area contributed by atoms with Crippen molar-refractivity contribution in [2.24, 2.45) is 5.92 Å². The molecule has 4 nitrogen and oxygen atoms in total. The molecule has 1 aliphatic heterocycles.